The summed E-state index contributed by atoms with van der Waals surface area (Å²) in [4.78, 5) is 0. The van der Waals surface area contributed by atoms with Gasteiger partial charge in [-0.3, -0.25) is 5.92 Å². The summed E-state index contributed by atoms with van der Waals surface area (Å²) in [7, 11) is 0. The maximum Gasteiger partial charge on any atom is 2.00 e. The Morgan fingerprint density at radius 3 is 1.43 bits per heavy atom. The zero-order chi connectivity index (χ0) is 9.07. The van der Waals surface area contributed by atoms with Crippen LogP contribution in [0.1, 0.15) is 0 Å². The second kappa shape index (κ2) is 17.6. The fourth-order valence-corrected chi connectivity index (χ4v) is 0.255. The van der Waals surface area contributed by atoms with Crippen molar-refractivity contribution >= 4 is 23.1 Å². The third-order valence-electron chi connectivity index (χ3n) is 0.572. The fraction of sp³-hybridized carbons (Fsp3) is 0. The number of hydrogen-bond donors (Lipinski definition) is 0. The Kier molecular flexibility index (Phi) is 23.2. The van der Waals surface area contributed by atoms with Crippen LogP contribution in [0, 0.1) is 72.1 Å². The van der Waals surface area contributed by atoms with Crippen LogP contribution in [-0.2, 0) is 0 Å². The summed E-state index contributed by atoms with van der Waals surface area (Å²) in [5.41, 5.74) is 0. The zero-order valence-electron chi connectivity index (χ0n) is 7.16. The van der Waals surface area contributed by atoms with E-state index in [0.717, 1.165) is 0 Å². The molecule has 0 radical (unpaired) electrons. The summed E-state index contributed by atoms with van der Waals surface area (Å²) >= 11 is 0. The van der Waals surface area contributed by atoms with E-state index in [1.54, 1.807) is 0 Å². The van der Waals surface area contributed by atoms with Gasteiger partial charge in [0, 0.05) is 0 Å². The largest absolute Gasteiger partial charge is 2.00 e. The van der Waals surface area contributed by atoms with Gasteiger partial charge in [-0.15, -0.1) is 12.3 Å². The number of hydrogen-bond acceptors (Lipinski definition) is 0. The maximum absolute atomic E-state index is 6.40. The van der Waals surface area contributed by atoms with Crippen molar-refractivity contribution in [3.8, 4) is 65.6 Å². The van der Waals surface area contributed by atoms with Crippen molar-refractivity contribution in [2.24, 2.45) is 0 Å². The molecule has 0 unspecified atom stereocenters. The molecule has 58 valence electrons. The van der Waals surface area contributed by atoms with Crippen molar-refractivity contribution in [1.29, 1.82) is 0 Å². The third-order valence-corrected chi connectivity index (χ3v) is 0.572. The van der Waals surface area contributed by atoms with Crippen LogP contribution in [0.2, 0.25) is 0 Å². The number of halogens is 1. The van der Waals surface area contributed by atoms with Gasteiger partial charge in [0.05, 0.1) is 0 Å². The second-order valence-corrected chi connectivity index (χ2v) is 1.27. The van der Waals surface area contributed by atoms with Gasteiger partial charge in [0.2, 0.25) is 0 Å². The van der Waals surface area contributed by atoms with E-state index in [0.29, 0.717) is 0 Å². The van der Waals surface area contributed by atoms with Crippen molar-refractivity contribution in [1.82, 2.24) is 0 Å². The van der Waals surface area contributed by atoms with E-state index in [9.17, 15) is 0 Å². The molecule has 0 aliphatic heterocycles. The topological polar surface area (TPSA) is 0 Å². The molecule has 2 heteroatoms. The van der Waals surface area contributed by atoms with Crippen LogP contribution >= 0.6 is 0 Å². The smallest absolute Gasteiger partial charge is 1.00 e. The van der Waals surface area contributed by atoms with E-state index in [1.165, 1.54) is 0 Å². The Morgan fingerprint density at radius 2 is 1.07 bits per heavy atom. The van der Waals surface area contributed by atoms with Crippen LogP contribution in [0.25, 0.3) is 0 Å². The number of rotatable bonds is 0. The second-order valence-electron chi connectivity index (χ2n) is 1.27. The van der Waals surface area contributed by atoms with Gasteiger partial charge in [0.1, 0.15) is 0 Å². The van der Waals surface area contributed by atoms with Crippen LogP contribution < -0.4 is 17.0 Å². The molecule has 0 aromatic carbocycles. The van der Waals surface area contributed by atoms with Crippen molar-refractivity contribution in [3.05, 3.63) is 6.42 Å². The molecular formula is C12HBrMg. The van der Waals surface area contributed by atoms with Crippen molar-refractivity contribution in [2.75, 3.05) is 0 Å². The predicted octanol–water partition coefficient (Wildman–Crippen LogP) is -3.15. The van der Waals surface area contributed by atoms with Gasteiger partial charge in [-0.25, -0.2) is 5.92 Å². The summed E-state index contributed by atoms with van der Waals surface area (Å²) in [6, 6.07) is 0. The van der Waals surface area contributed by atoms with Crippen molar-refractivity contribution < 1.29 is 17.0 Å². The summed E-state index contributed by atoms with van der Waals surface area (Å²) in [6.45, 7) is 0. The van der Waals surface area contributed by atoms with E-state index < -0.39 is 0 Å². The monoisotopic (exact) mass is 248 g/mol. The van der Waals surface area contributed by atoms with E-state index in [1.807, 2.05) is 5.92 Å². The van der Waals surface area contributed by atoms with Gasteiger partial charge in [0.25, 0.3) is 0 Å². The molecule has 0 aromatic rings. The molecule has 0 rings (SSSR count). The molecule has 0 amide bonds. The number of terminal acetylenes is 1. The summed E-state index contributed by atoms with van der Waals surface area (Å²) in [6.07, 6.45) is 11.2. The minimum atomic E-state index is 0. The normalized spacial score (nSPS) is 3.00. The Balaban J connectivity index is -0.000000605. The van der Waals surface area contributed by atoms with Crippen LogP contribution in [0.4, 0.5) is 0 Å². The molecule has 0 aromatic heterocycles. The summed E-state index contributed by atoms with van der Waals surface area (Å²) in [5.74, 6) is 22.8. The molecule has 0 aliphatic rings. The fourth-order valence-electron chi connectivity index (χ4n) is 0.255. The summed E-state index contributed by atoms with van der Waals surface area (Å²) < 4.78 is 0. The third kappa shape index (κ3) is 16.9. The van der Waals surface area contributed by atoms with Gasteiger partial charge >= 0.3 is 23.1 Å². The molecule has 0 atom stereocenters. The average Bonchev–Trinajstić information content (AvgIpc) is 2.10. The first-order valence-corrected chi connectivity index (χ1v) is 2.79. The first-order chi connectivity index (χ1) is 5.91. The molecule has 14 heavy (non-hydrogen) atoms. The Labute approximate surface area is 112 Å². The molecule has 0 fully saturated rings. The van der Waals surface area contributed by atoms with Crippen molar-refractivity contribution in [3.63, 3.8) is 0 Å². The van der Waals surface area contributed by atoms with Crippen LogP contribution in [0.5, 0.6) is 0 Å². The zero-order valence-corrected chi connectivity index (χ0v) is 10.2. The molecular weight excluding hydrogens is 248 g/mol. The minimum absolute atomic E-state index is 0. The van der Waals surface area contributed by atoms with Gasteiger partial charge in [0.15, 0.2) is 0 Å². The van der Waals surface area contributed by atoms with Gasteiger partial charge in [-0.2, -0.15) is 0 Å². The molecule has 0 aliphatic carbocycles. The molecule has 0 spiro atoms. The standard InChI is InChI=1S/C12H.BrH.Mg/c1-3-5-7-9-11-12-10-8-6-4-2;;/h1H;1H;/q-1;;+2/p-1. The van der Waals surface area contributed by atoms with Crippen LogP contribution in [-0.4, -0.2) is 23.1 Å². The molecule has 0 saturated carbocycles. The Bertz CT molecular complexity index is 422. The van der Waals surface area contributed by atoms with Crippen molar-refractivity contribution in [2.45, 2.75) is 0 Å². The molecule has 0 nitrogen and oxygen atoms in total. The quantitative estimate of drug-likeness (QED) is 0.242. The molecule has 0 saturated heterocycles. The predicted molar refractivity (Wildman–Crippen MR) is 52.8 cm³/mol. The van der Waals surface area contributed by atoms with Gasteiger partial charge in [-0.05, 0) is 41.4 Å². The van der Waals surface area contributed by atoms with E-state index in [2.05, 4.69) is 53.3 Å². The molecule has 0 bridgehead atoms. The van der Waals surface area contributed by atoms with E-state index >= 15 is 0 Å². The summed E-state index contributed by atoms with van der Waals surface area (Å²) in [5, 5.41) is 0. The SMILES string of the molecule is [Br-].[C-]#CC#CC#CC#CC#CC#C.[Mg+2]. The van der Waals surface area contributed by atoms with E-state index in [4.69, 9.17) is 12.8 Å². The first kappa shape index (κ1) is 18.4. The maximum atomic E-state index is 6.40. The molecule has 0 heterocycles. The first-order valence-electron chi connectivity index (χ1n) is 2.79. The average molecular weight is 249 g/mol. The minimum Gasteiger partial charge on any atom is -1.00 e. The van der Waals surface area contributed by atoms with Crippen LogP contribution in [0.15, 0.2) is 0 Å². The van der Waals surface area contributed by atoms with Gasteiger partial charge in [-0.1, -0.05) is 0 Å². The van der Waals surface area contributed by atoms with Gasteiger partial charge < -0.3 is 23.4 Å². The molecule has 0 N–H and O–H groups in total. The Hall–Kier alpha value is -1.39. The Morgan fingerprint density at radius 1 is 0.714 bits per heavy atom. The van der Waals surface area contributed by atoms with Crippen LogP contribution in [0.3, 0.4) is 0 Å². The van der Waals surface area contributed by atoms with E-state index in [-0.39, 0.29) is 40.0 Å².